The summed E-state index contributed by atoms with van der Waals surface area (Å²) in [5.74, 6) is -1.31. The van der Waals surface area contributed by atoms with Crippen LogP contribution < -0.4 is 10.0 Å². The number of rotatable bonds is 6. The number of hydrogen-bond acceptors (Lipinski definition) is 6. The average Bonchev–Trinajstić information content (AvgIpc) is 2.87. The Morgan fingerprint density at radius 3 is 2.44 bits per heavy atom. The van der Waals surface area contributed by atoms with Crippen molar-refractivity contribution in [3.8, 4) is 0 Å². The van der Waals surface area contributed by atoms with Crippen LogP contribution in [0.4, 0.5) is 5.69 Å². The van der Waals surface area contributed by atoms with Crippen molar-refractivity contribution >= 4 is 33.4 Å². The number of amides is 3. The van der Waals surface area contributed by atoms with Gasteiger partial charge >= 0.3 is 0 Å². The molecule has 140 valence electrons. The van der Waals surface area contributed by atoms with Gasteiger partial charge in [0.05, 0.1) is 10.5 Å². The Labute approximate surface area is 155 Å². The van der Waals surface area contributed by atoms with Crippen LogP contribution in [0.2, 0.25) is 0 Å². The molecule has 3 rings (SSSR count). The van der Waals surface area contributed by atoms with E-state index >= 15 is 0 Å². The maximum Gasteiger partial charge on any atom is 0.280 e. The van der Waals surface area contributed by atoms with Crippen molar-refractivity contribution in [2.75, 3.05) is 18.4 Å². The number of nitrogens with one attached hydrogen (secondary N) is 2. The molecule has 3 amide bonds. The van der Waals surface area contributed by atoms with E-state index in [-0.39, 0.29) is 35.1 Å². The normalized spacial score (nSPS) is 13.6. The molecular weight excluding hydrogens is 372 g/mol. The van der Waals surface area contributed by atoms with Crippen LogP contribution in [0.15, 0.2) is 47.5 Å². The molecule has 0 fully saturated rings. The molecule has 0 radical (unpaired) electrons. The highest BCUT2D eigenvalue weighted by molar-refractivity contribution is 7.89. The zero-order chi connectivity index (χ0) is 19.6. The molecule has 9 nitrogen and oxygen atoms in total. The lowest BCUT2D eigenvalue weighted by Gasteiger charge is -2.14. The summed E-state index contributed by atoms with van der Waals surface area (Å²) in [5.41, 5.74) is 0.748. The van der Waals surface area contributed by atoms with Crippen molar-refractivity contribution in [2.24, 2.45) is 0 Å². The summed E-state index contributed by atoms with van der Waals surface area (Å²) in [6, 6.07) is 8.68. The number of pyridine rings is 1. The van der Waals surface area contributed by atoms with Crippen molar-refractivity contribution in [3.63, 3.8) is 0 Å². The van der Waals surface area contributed by atoms with Crippen molar-refractivity contribution in [1.29, 1.82) is 0 Å². The van der Waals surface area contributed by atoms with Crippen LogP contribution in [0.1, 0.15) is 27.8 Å². The van der Waals surface area contributed by atoms with Gasteiger partial charge in [-0.3, -0.25) is 24.3 Å². The van der Waals surface area contributed by atoms with E-state index in [0.29, 0.717) is 5.69 Å². The van der Waals surface area contributed by atoms with Gasteiger partial charge in [0.15, 0.2) is 0 Å². The monoisotopic (exact) mass is 388 g/mol. The predicted octanol–water partition coefficient (Wildman–Crippen LogP) is 0.614. The molecule has 2 heterocycles. The van der Waals surface area contributed by atoms with E-state index in [1.807, 2.05) is 0 Å². The highest BCUT2D eigenvalue weighted by Gasteiger charge is 2.36. The molecule has 2 aromatic rings. The Kier molecular flexibility index (Phi) is 5.02. The lowest BCUT2D eigenvalue weighted by molar-refractivity contribution is -0.114. The molecule has 27 heavy (non-hydrogen) atoms. The van der Waals surface area contributed by atoms with E-state index < -0.39 is 21.8 Å². The summed E-state index contributed by atoms with van der Waals surface area (Å²) in [6.45, 7) is 1.10. The standard InChI is InChI=1S/C17H16N4O5S/c1-11(22)20-12-4-6-13(7-5-12)27(25,26)19-9-10-21-16(23)14-3-2-8-18-15(14)17(21)24/h2-8,19H,9-10H2,1H3,(H,20,22). The van der Waals surface area contributed by atoms with Gasteiger partial charge in [-0.05, 0) is 36.4 Å². The van der Waals surface area contributed by atoms with Gasteiger partial charge in [-0.15, -0.1) is 0 Å². The summed E-state index contributed by atoms with van der Waals surface area (Å²) in [6.07, 6.45) is 1.42. The molecule has 2 N–H and O–H groups in total. The summed E-state index contributed by atoms with van der Waals surface area (Å²) in [7, 11) is -3.83. The second-order valence-electron chi connectivity index (χ2n) is 5.76. The molecule has 0 aliphatic carbocycles. The van der Waals surface area contributed by atoms with Crippen LogP contribution in [-0.4, -0.2) is 49.1 Å². The van der Waals surface area contributed by atoms with Crippen molar-refractivity contribution in [1.82, 2.24) is 14.6 Å². The second-order valence-corrected chi connectivity index (χ2v) is 7.53. The number of nitrogens with zero attached hydrogens (tertiary/aromatic N) is 2. The number of aromatic nitrogens is 1. The van der Waals surface area contributed by atoms with Gasteiger partial charge in [-0.2, -0.15) is 0 Å². The molecular formula is C17H16N4O5S. The maximum atomic E-state index is 12.3. The first-order chi connectivity index (χ1) is 12.8. The molecule has 1 aliphatic rings. The molecule has 0 bridgehead atoms. The van der Waals surface area contributed by atoms with Gasteiger partial charge in [-0.1, -0.05) is 0 Å². The Morgan fingerprint density at radius 2 is 1.81 bits per heavy atom. The van der Waals surface area contributed by atoms with E-state index in [2.05, 4.69) is 15.0 Å². The number of hydrogen-bond donors (Lipinski definition) is 2. The number of carbonyl (C=O) groups excluding carboxylic acids is 3. The minimum absolute atomic E-state index is 0.000583. The minimum Gasteiger partial charge on any atom is -0.326 e. The molecule has 1 aromatic heterocycles. The zero-order valence-electron chi connectivity index (χ0n) is 14.3. The molecule has 0 atom stereocenters. The second kappa shape index (κ2) is 7.25. The fourth-order valence-corrected chi connectivity index (χ4v) is 3.63. The summed E-state index contributed by atoms with van der Waals surface area (Å²) < 4.78 is 27.0. The number of carbonyl (C=O) groups is 3. The number of imide groups is 1. The van der Waals surface area contributed by atoms with Crippen LogP contribution in [-0.2, 0) is 14.8 Å². The van der Waals surface area contributed by atoms with Gasteiger partial charge < -0.3 is 5.32 Å². The highest BCUT2D eigenvalue weighted by atomic mass is 32.2. The van der Waals surface area contributed by atoms with E-state index in [1.165, 1.54) is 43.5 Å². The van der Waals surface area contributed by atoms with Crippen molar-refractivity contribution in [2.45, 2.75) is 11.8 Å². The fourth-order valence-electron chi connectivity index (χ4n) is 2.61. The van der Waals surface area contributed by atoms with E-state index in [4.69, 9.17) is 0 Å². The van der Waals surface area contributed by atoms with Crippen LogP contribution in [0.25, 0.3) is 0 Å². The third-order valence-electron chi connectivity index (χ3n) is 3.84. The lowest BCUT2D eigenvalue weighted by atomic mass is 10.2. The number of benzene rings is 1. The average molecular weight is 388 g/mol. The van der Waals surface area contributed by atoms with Gasteiger partial charge in [0.25, 0.3) is 11.8 Å². The number of fused-ring (bicyclic) bond motifs is 1. The van der Waals surface area contributed by atoms with Gasteiger partial charge in [0, 0.05) is 31.9 Å². The van der Waals surface area contributed by atoms with Crippen molar-refractivity contribution in [3.05, 3.63) is 53.9 Å². The quantitative estimate of drug-likeness (QED) is 0.699. The lowest BCUT2D eigenvalue weighted by Crippen LogP contribution is -2.38. The van der Waals surface area contributed by atoms with Crippen LogP contribution in [0.5, 0.6) is 0 Å². The molecule has 0 saturated carbocycles. The Balaban J connectivity index is 1.62. The topological polar surface area (TPSA) is 126 Å². The SMILES string of the molecule is CC(=O)Nc1ccc(S(=O)(=O)NCCN2C(=O)c3cccnc3C2=O)cc1. The summed E-state index contributed by atoms with van der Waals surface area (Å²) in [4.78, 5) is 40.2. The van der Waals surface area contributed by atoms with E-state index in [9.17, 15) is 22.8 Å². The fraction of sp³-hybridized carbons (Fsp3) is 0.176. The Hall–Kier alpha value is -3.11. The van der Waals surface area contributed by atoms with Gasteiger partial charge in [-0.25, -0.2) is 13.1 Å². The van der Waals surface area contributed by atoms with Crippen LogP contribution in [0.3, 0.4) is 0 Å². The zero-order valence-corrected chi connectivity index (χ0v) is 15.1. The maximum absolute atomic E-state index is 12.3. The van der Waals surface area contributed by atoms with E-state index in [0.717, 1.165) is 4.90 Å². The highest BCUT2D eigenvalue weighted by Crippen LogP contribution is 2.20. The molecule has 0 unspecified atom stereocenters. The van der Waals surface area contributed by atoms with Crippen LogP contribution >= 0.6 is 0 Å². The Morgan fingerprint density at radius 1 is 1.11 bits per heavy atom. The summed E-state index contributed by atoms with van der Waals surface area (Å²) >= 11 is 0. The third kappa shape index (κ3) is 3.86. The largest absolute Gasteiger partial charge is 0.326 e. The predicted molar refractivity (Wildman–Crippen MR) is 95.5 cm³/mol. The van der Waals surface area contributed by atoms with Gasteiger partial charge in [0.1, 0.15) is 5.69 Å². The molecule has 0 spiro atoms. The van der Waals surface area contributed by atoms with Crippen LogP contribution in [0, 0.1) is 0 Å². The molecule has 10 heteroatoms. The summed E-state index contributed by atoms with van der Waals surface area (Å²) in [5, 5.41) is 2.54. The molecule has 1 aliphatic heterocycles. The smallest absolute Gasteiger partial charge is 0.280 e. The van der Waals surface area contributed by atoms with Gasteiger partial charge in [0.2, 0.25) is 15.9 Å². The first-order valence-electron chi connectivity index (χ1n) is 7.98. The number of anilines is 1. The third-order valence-corrected chi connectivity index (χ3v) is 5.32. The minimum atomic E-state index is -3.83. The van der Waals surface area contributed by atoms with E-state index in [1.54, 1.807) is 6.07 Å². The van der Waals surface area contributed by atoms with Crippen molar-refractivity contribution < 1.29 is 22.8 Å². The molecule has 0 saturated heterocycles. The number of sulfonamides is 1. The first kappa shape index (κ1) is 18.7. The first-order valence-corrected chi connectivity index (χ1v) is 9.46. The molecule has 1 aromatic carbocycles. The Bertz CT molecular complexity index is 983.